The molecular formula is C23H24N6O5. The van der Waals surface area contributed by atoms with Crippen molar-refractivity contribution in [3.63, 3.8) is 0 Å². The van der Waals surface area contributed by atoms with E-state index in [-0.39, 0.29) is 12.0 Å². The van der Waals surface area contributed by atoms with E-state index in [4.69, 9.17) is 18.9 Å². The van der Waals surface area contributed by atoms with E-state index in [0.717, 1.165) is 0 Å². The monoisotopic (exact) mass is 464 g/mol. The third kappa shape index (κ3) is 3.44. The molecule has 3 N–H and O–H groups in total. The van der Waals surface area contributed by atoms with Crippen molar-refractivity contribution in [1.29, 1.82) is 0 Å². The number of hydrogen-bond donors (Lipinski definition) is 3. The van der Waals surface area contributed by atoms with Crippen LogP contribution in [0.3, 0.4) is 0 Å². The van der Waals surface area contributed by atoms with Gasteiger partial charge in [0.15, 0.2) is 17.0 Å². The van der Waals surface area contributed by atoms with Crippen LogP contribution in [0.2, 0.25) is 0 Å². The van der Waals surface area contributed by atoms with Gasteiger partial charge in [-0.25, -0.2) is 9.78 Å². The molecule has 3 aliphatic rings. The first kappa shape index (κ1) is 20.6. The molecule has 3 aromatic rings. The minimum atomic E-state index is -0.924. The Bertz CT molecular complexity index is 1310. The number of rotatable bonds is 3. The van der Waals surface area contributed by atoms with Gasteiger partial charge >= 0.3 is 6.09 Å². The van der Waals surface area contributed by atoms with E-state index in [1.54, 1.807) is 38.3 Å². The summed E-state index contributed by atoms with van der Waals surface area (Å²) in [5, 5.41) is 8.87. The van der Waals surface area contributed by atoms with Crippen LogP contribution in [-0.4, -0.2) is 52.8 Å². The van der Waals surface area contributed by atoms with Crippen molar-refractivity contribution < 1.29 is 23.5 Å². The van der Waals surface area contributed by atoms with Crippen LogP contribution in [0.1, 0.15) is 26.7 Å². The van der Waals surface area contributed by atoms with Gasteiger partial charge in [-0.05, 0) is 32.0 Å². The molecule has 0 atom stereocenters. The van der Waals surface area contributed by atoms with E-state index in [0.29, 0.717) is 72.5 Å². The second-order valence-electron chi connectivity index (χ2n) is 9.32. The van der Waals surface area contributed by atoms with Crippen molar-refractivity contribution in [3.8, 4) is 5.75 Å². The summed E-state index contributed by atoms with van der Waals surface area (Å²) in [4.78, 5) is 35.3. The van der Waals surface area contributed by atoms with Crippen LogP contribution >= 0.6 is 0 Å². The molecule has 34 heavy (non-hydrogen) atoms. The molecule has 3 aliphatic heterocycles. The van der Waals surface area contributed by atoms with Crippen LogP contribution < -0.4 is 25.6 Å². The number of benzene rings is 1. The zero-order valence-corrected chi connectivity index (χ0v) is 18.8. The summed E-state index contributed by atoms with van der Waals surface area (Å²) in [5.41, 5.74) is 1.20. The molecule has 6 rings (SSSR count). The van der Waals surface area contributed by atoms with Crippen LogP contribution in [-0.2, 0) is 9.53 Å². The Morgan fingerprint density at radius 1 is 1.09 bits per heavy atom. The summed E-state index contributed by atoms with van der Waals surface area (Å²) in [6.07, 6.45) is 2.63. The molecule has 0 saturated carbocycles. The smallest absolute Gasteiger partial charge is 0.407 e. The van der Waals surface area contributed by atoms with Crippen molar-refractivity contribution in [2.45, 2.75) is 37.9 Å². The number of carbonyl (C=O) groups is 2. The van der Waals surface area contributed by atoms with Gasteiger partial charge in [-0.15, -0.1) is 0 Å². The highest BCUT2D eigenvalue weighted by Crippen LogP contribution is 2.37. The minimum absolute atomic E-state index is 0.207. The lowest BCUT2D eigenvalue weighted by molar-refractivity contribution is -0.129. The number of piperidine rings is 1. The Hall–Kier alpha value is -4.02. The molecule has 1 aromatic carbocycles. The van der Waals surface area contributed by atoms with Crippen LogP contribution in [0.15, 0.2) is 34.9 Å². The number of fused-ring (bicyclic) bond motifs is 2. The van der Waals surface area contributed by atoms with Gasteiger partial charge in [-0.2, -0.15) is 4.98 Å². The maximum atomic E-state index is 12.3. The van der Waals surface area contributed by atoms with Crippen molar-refractivity contribution in [1.82, 2.24) is 15.3 Å². The number of aromatic nitrogens is 2. The largest absolute Gasteiger partial charge is 0.476 e. The van der Waals surface area contributed by atoms with E-state index in [2.05, 4.69) is 25.8 Å². The van der Waals surface area contributed by atoms with E-state index < -0.39 is 11.2 Å². The second kappa shape index (κ2) is 7.24. The highest BCUT2D eigenvalue weighted by Gasteiger charge is 2.43. The maximum Gasteiger partial charge on any atom is 0.407 e. The maximum absolute atomic E-state index is 12.3. The van der Waals surface area contributed by atoms with Crippen LogP contribution in [0, 0.1) is 0 Å². The molecular weight excluding hydrogens is 440 g/mol. The van der Waals surface area contributed by atoms with Gasteiger partial charge in [0.05, 0.1) is 18.5 Å². The molecule has 5 heterocycles. The van der Waals surface area contributed by atoms with Gasteiger partial charge in [0.2, 0.25) is 5.95 Å². The number of furan rings is 1. The SMILES string of the molecule is CC1(C)Oc2ccc(Nc3nc(N4CCC5(CC4)CNC(=O)O5)c4occc4n3)cc2NC1=O. The molecule has 2 saturated heterocycles. The van der Waals surface area contributed by atoms with Crippen molar-refractivity contribution >= 4 is 46.2 Å². The first-order valence-electron chi connectivity index (χ1n) is 11.2. The zero-order chi connectivity index (χ0) is 23.5. The van der Waals surface area contributed by atoms with Crippen LogP contribution in [0.4, 0.5) is 27.9 Å². The van der Waals surface area contributed by atoms with Crippen LogP contribution in [0.25, 0.3) is 11.1 Å². The highest BCUT2D eigenvalue weighted by atomic mass is 16.6. The fourth-order valence-corrected chi connectivity index (χ4v) is 4.54. The Labute approximate surface area is 194 Å². The molecule has 176 valence electrons. The third-order valence-electron chi connectivity index (χ3n) is 6.52. The Morgan fingerprint density at radius 3 is 2.68 bits per heavy atom. The summed E-state index contributed by atoms with van der Waals surface area (Å²) in [5.74, 6) is 1.48. The number of nitrogens with zero attached hydrogens (tertiary/aromatic N) is 3. The number of hydrogen-bond acceptors (Lipinski definition) is 9. The number of carbonyl (C=O) groups excluding carboxylic acids is 2. The molecule has 0 aliphatic carbocycles. The molecule has 2 aromatic heterocycles. The van der Waals surface area contributed by atoms with E-state index in [1.807, 2.05) is 6.07 Å². The van der Waals surface area contributed by atoms with Crippen molar-refractivity contribution in [2.24, 2.45) is 0 Å². The van der Waals surface area contributed by atoms with E-state index in [1.165, 1.54) is 0 Å². The minimum Gasteiger partial charge on any atom is -0.476 e. The van der Waals surface area contributed by atoms with Gasteiger partial charge < -0.3 is 34.7 Å². The molecule has 11 nitrogen and oxygen atoms in total. The normalized spacial score (nSPS) is 20.4. The average molecular weight is 464 g/mol. The first-order chi connectivity index (χ1) is 16.3. The van der Waals surface area contributed by atoms with Gasteiger partial charge in [0, 0.05) is 37.7 Å². The van der Waals surface area contributed by atoms with Crippen molar-refractivity contribution in [2.75, 3.05) is 35.2 Å². The van der Waals surface area contributed by atoms with Crippen molar-refractivity contribution in [3.05, 3.63) is 30.5 Å². The summed E-state index contributed by atoms with van der Waals surface area (Å²) in [6, 6.07) is 7.23. The van der Waals surface area contributed by atoms with E-state index >= 15 is 0 Å². The van der Waals surface area contributed by atoms with Crippen LogP contribution in [0.5, 0.6) is 5.75 Å². The van der Waals surface area contributed by atoms with Gasteiger partial charge in [-0.3, -0.25) is 4.79 Å². The molecule has 2 amide bonds. The third-order valence-corrected chi connectivity index (χ3v) is 6.52. The number of anilines is 4. The number of alkyl carbamates (subject to hydrolysis) is 1. The molecule has 11 heteroatoms. The highest BCUT2D eigenvalue weighted by molar-refractivity contribution is 6.00. The molecule has 0 unspecified atom stereocenters. The standard InChI is InChI=1S/C23H24N6O5/c1-22(2)19(30)26-15-11-13(3-4-16(15)33-22)25-20-27-14-5-10-32-17(14)18(28-20)29-8-6-23(7-9-29)12-24-21(31)34-23/h3-5,10-11H,6-9,12H2,1-2H3,(H,24,31)(H,26,30)(H,25,27,28). The predicted octanol–water partition coefficient (Wildman–Crippen LogP) is 3.15. The van der Waals surface area contributed by atoms with Gasteiger partial charge in [0.25, 0.3) is 5.91 Å². The Morgan fingerprint density at radius 2 is 1.91 bits per heavy atom. The van der Waals surface area contributed by atoms with E-state index in [9.17, 15) is 9.59 Å². The Balaban J connectivity index is 1.26. The number of amides is 2. The summed E-state index contributed by atoms with van der Waals surface area (Å²) < 4.78 is 17.0. The summed E-state index contributed by atoms with van der Waals surface area (Å²) in [7, 11) is 0. The molecule has 0 radical (unpaired) electrons. The number of nitrogens with one attached hydrogen (secondary N) is 3. The topological polar surface area (TPSA) is 131 Å². The number of ether oxygens (including phenoxy) is 2. The van der Waals surface area contributed by atoms with Gasteiger partial charge in [-0.1, -0.05) is 0 Å². The quantitative estimate of drug-likeness (QED) is 0.535. The van der Waals surface area contributed by atoms with Gasteiger partial charge in [0.1, 0.15) is 16.9 Å². The summed E-state index contributed by atoms with van der Waals surface area (Å²) in [6.45, 7) is 5.31. The zero-order valence-electron chi connectivity index (χ0n) is 18.8. The molecule has 1 spiro atoms. The lowest BCUT2D eigenvalue weighted by Gasteiger charge is -2.37. The fourth-order valence-electron chi connectivity index (χ4n) is 4.54. The second-order valence-corrected chi connectivity index (χ2v) is 9.32. The molecule has 0 bridgehead atoms. The predicted molar refractivity (Wildman–Crippen MR) is 124 cm³/mol. The first-order valence-corrected chi connectivity index (χ1v) is 11.2. The summed E-state index contributed by atoms with van der Waals surface area (Å²) >= 11 is 0. The average Bonchev–Trinajstić information content (AvgIpc) is 3.41. The molecule has 2 fully saturated rings. The lowest BCUT2D eigenvalue weighted by Crippen LogP contribution is -2.47. The lowest BCUT2D eigenvalue weighted by atomic mass is 9.91. The Kier molecular flexibility index (Phi) is 4.38. The fraction of sp³-hybridized carbons (Fsp3) is 0.391.